The number of aromatic nitrogens is 2. The van der Waals surface area contributed by atoms with E-state index in [0.717, 1.165) is 11.3 Å². The maximum Gasteiger partial charge on any atom is 0.151 e. The van der Waals surface area contributed by atoms with Crippen LogP contribution in [0.3, 0.4) is 0 Å². The van der Waals surface area contributed by atoms with Gasteiger partial charge < -0.3 is 4.98 Å². The van der Waals surface area contributed by atoms with Crippen molar-refractivity contribution in [1.29, 1.82) is 0 Å². The van der Waals surface area contributed by atoms with Gasteiger partial charge in [0.25, 0.3) is 0 Å². The van der Waals surface area contributed by atoms with Crippen LogP contribution in [0.5, 0.6) is 0 Å². The minimum Gasteiger partial charge on any atom is -0.342 e. The van der Waals surface area contributed by atoms with E-state index in [-0.39, 0.29) is 5.82 Å². The molecule has 0 aliphatic heterocycles. The van der Waals surface area contributed by atoms with Crippen LogP contribution < -0.4 is 0 Å². The fourth-order valence-corrected chi connectivity index (χ4v) is 2.74. The predicted molar refractivity (Wildman–Crippen MR) is 61.8 cm³/mol. The van der Waals surface area contributed by atoms with Crippen molar-refractivity contribution in [1.82, 2.24) is 9.97 Å². The highest BCUT2D eigenvalue weighted by molar-refractivity contribution is 5.75. The lowest BCUT2D eigenvalue weighted by Gasteiger charge is -2.11. The van der Waals surface area contributed by atoms with Crippen LogP contribution in [0, 0.1) is 11.7 Å². The van der Waals surface area contributed by atoms with E-state index in [1.165, 1.54) is 25.3 Å². The molecule has 0 radical (unpaired) electrons. The molecule has 0 bridgehead atoms. The molecule has 1 heterocycles. The molecule has 2 atom stereocenters. The maximum atomic E-state index is 13.5. The van der Waals surface area contributed by atoms with E-state index >= 15 is 0 Å². The monoisotopic (exact) mass is 218 g/mol. The smallest absolute Gasteiger partial charge is 0.151 e. The Morgan fingerprint density at radius 1 is 1.38 bits per heavy atom. The number of H-pyrrole nitrogens is 1. The molecule has 0 amide bonds. The van der Waals surface area contributed by atoms with E-state index in [2.05, 4.69) is 16.9 Å². The first-order valence-electron chi connectivity index (χ1n) is 5.90. The molecule has 1 fully saturated rings. The standard InChI is InChI=1S/C13H15FN2/c1-8-4-2-5-9(8)13-15-11-7-3-6-10(14)12(11)16-13/h3,6-9H,2,4-5H2,1H3,(H,15,16). The second-order valence-corrected chi connectivity index (χ2v) is 4.77. The summed E-state index contributed by atoms with van der Waals surface area (Å²) in [7, 11) is 0. The van der Waals surface area contributed by atoms with Crippen LogP contribution in [-0.4, -0.2) is 9.97 Å². The van der Waals surface area contributed by atoms with Gasteiger partial charge in [-0.25, -0.2) is 9.37 Å². The SMILES string of the molecule is CC1CCCC1c1nc2c(F)cccc2[nH]1. The lowest BCUT2D eigenvalue weighted by Crippen LogP contribution is -2.03. The van der Waals surface area contributed by atoms with Crippen LogP contribution in [0.15, 0.2) is 18.2 Å². The van der Waals surface area contributed by atoms with Crippen LogP contribution in [0.2, 0.25) is 0 Å². The van der Waals surface area contributed by atoms with Gasteiger partial charge in [0.05, 0.1) is 5.52 Å². The molecule has 3 heteroatoms. The van der Waals surface area contributed by atoms with Crippen molar-refractivity contribution >= 4 is 11.0 Å². The summed E-state index contributed by atoms with van der Waals surface area (Å²) in [6.07, 6.45) is 3.68. The molecule has 16 heavy (non-hydrogen) atoms. The van der Waals surface area contributed by atoms with Crippen LogP contribution in [0.1, 0.15) is 37.9 Å². The highest BCUT2D eigenvalue weighted by Gasteiger charge is 2.27. The summed E-state index contributed by atoms with van der Waals surface area (Å²) < 4.78 is 13.5. The van der Waals surface area contributed by atoms with Crippen molar-refractivity contribution in [2.24, 2.45) is 5.92 Å². The first kappa shape index (κ1) is 9.82. The van der Waals surface area contributed by atoms with Crippen molar-refractivity contribution < 1.29 is 4.39 Å². The molecule has 1 N–H and O–H groups in total. The van der Waals surface area contributed by atoms with E-state index in [0.29, 0.717) is 17.4 Å². The summed E-state index contributed by atoms with van der Waals surface area (Å²) in [5.41, 5.74) is 1.30. The Hall–Kier alpha value is -1.38. The molecule has 3 rings (SSSR count). The van der Waals surface area contributed by atoms with Gasteiger partial charge in [0, 0.05) is 5.92 Å². The summed E-state index contributed by atoms with van der Waals surface area (Å²) in [6, 6.07) is 5.07. The van der Waals surface area contributed by atoms with E-state index in [9.17, 15) is 4.39 Å². The van der Waals surface area contributed by atoms with Crippen LogP contribution in [-0.2, 0) is 0 Å². The highest BCUT2D eigenvalue weighted by Crippen LogP contribution is 2.38. The van der Waals surface area contributed by atoms with E-state index in [1.54, 1.807) is 6.07 Å². The number of fused-ring (bicyclic) bond motifs is 1. The maximum absolute atomic E-state index is 13.5. The van der Waals surface area contributed by atoms with Crippen LogP contribution >= 0.6 is 0 Å². The number of para-hydroxylation sites is 1. The molecule has 0 saturated heterocycles. The van der Waals surface area contributed by atoms with Gasteiger partial charge in [-0.05, 0) is 30.9 Å². The molecule has 1 aliphatic carbocycles. The minimum absolute atomic E-state index is 0.231. The third-order valence-corrected chi connectivity index (χ3v) is 3.69. The Bertz CT molecular complexity index is 518. The second-order valence-electron chi connectivity index (χ2n) is 4.77. The number of hydrogen-bond donors (Lipinski definition) is 1. The third kappa shape index (κ3) is 1.42. The number of benzene rings is 1. The number of nitrogens with one attached hydrogen (secondary N) is 1. The Kier molecular flexibility index (Phi) is 2.20. The number of nitrogens with zero attached hydrogens (tertiary/aromatic N) is 1. The third-order valence-electron chi connectivity index (χ3n) is 3.69. The van der Waals surface area contributed by atoms with Crippen LogP contribution in [0.4, 0.5) is 4.39 Å². The summed E-state index contributed by atoms with van der Waals surface area (Å²) in [5, 5.41) is 0. The zero-order chi connectivity index (χ0) is 11.1. The highest BCUT2D eigenvalue weighted by atomic mass is 19.1. The van der Waals surface area contributed by atoms with Gasteiger partial charge in [-0.15, -0.1) is 0 Å². The molecule has 1 aromatic heterocycles. The normalized spacial score (nSPS) is 25.4. The molecule has 2 unspecified atom stereocenters. The van der Waals surface area contributed by atoms with Gasteiger partial charge in [-0.3, -0.25) is 0 Å². The van der Waals surface area contributed by atoms with Crippen molar-refractivity contribution in [3.8, 4) is 0 Å². The number of rotatable bonds is 1. The fourth-order valence-electron chi connectivity index (χ4n) is 2.74. The average Bonchev–Trinajstić information content (AvgIpc) is 2.84. The Balaban J connectivity index is 2.08. The van der Waals surface area contributed by atoms with Gasteiger partial charge in [0.1, 0.15) is 11.3 Å². The number of aromatic amines is 1. The van der Waals surface area contributed by atoms with Crippen molar-refractivity contribution in [3.63, 3.8) is 0 Å². The van der Waals surface area contributed by atoms with E-state index in [1.807, 2.05) is 6.07 Å². The van der Waals surface area contributed by atoms with Crippen molar-refractivity contribution in [3.05, 3.63) is 29.8 Å². The molecular weight excluding hydrogens is 203 g/mol. The lowest BCUT2D eigenvalue weighted by atomic mass is 9.98. The predicted octanol–water partition coefficient (Wildman–Crippen LogP) is 3.61. The quantitative estimate of drug-likeness (QED) is 0.778. The molecule has 84 valence electrons. The van der Waals surface area contributed by atoms with Gasteiger partial charge in [0.15, 0.2) is 5.82 Å². The Morgan fingerprint density at radius 3 is 2.94 bits per heavy atom. The zero-order valence-electron chi connectivity index (χ0n) is 9.33. The molecule has 1 aromatic carbocycles. The fraction of sp³-hybridized carbons (Fsp3) is 0.462. The lowest BCUT2D eigenvalue weighted by molar-refractivity contribution is 0.514. The molecule has 1 aliphatic rings. The molecular formula is C13H15FN2. The summed E-state index contributed by atoms with van der Waals surface area (Å²) in [4.78, 5) is 7.67. The molecule has 2 aromatic rings. The molecule has 0 spiro atoms. The van der Waals surface area contributed by atoms with Gasteiger partial charge in [-0.2, -0.15) is 0 Å². The Labute approximate surface area is 93.9 Å². The number of halogens is 1. The van der Waals surface area contributed by atoms with Gasteiger partial charge in [0.2, 0.25) is 0 Å². The summed E-state index contributed by atoms with van der Waals surface area (Å²) >= 11 is 0. The largest absolute Gasteiger partial charge is 0.342 e. The Morgan fingerprint density at radius 2 is 2.25 bits per heavy atom. The first-order chi connectivity index (χ1) is 7.75. The topological polar surface area (TPSA) is 28.7 Å². The number of imidazole rings is 1. The molecule has 1 saturated carbocycles. The molecule has 2 nitrogen and oxygen atoms in total. The van der Waals surface area contributed by atoms with Gasteiger partial charge >= 0.3 is 0 Å². The average molecular weight is 218 g/mol. The van der Waals surface area contributed by atoms with Crippen LogP contribution in [0.25, 0.3) is 11.0 Å². The van der Waals surface area contributed by atoms with E-state index < -0.39 is 0 Å². The second kappa shape index (κ2) is 3.58. The van der Waals surface area contributed by atoms with Crippen molar-refractivity contribution in [2.45, 2.75) is 32.1 Å². The van der Waals surface area contributed by atoms with Crippen molar-refractivity contribution in [2.75, 3.05) is 0 Å². The van der Waals surface area contributed by atoms with E-state index in [4.69, 9.17) is 0 Å². The van der Waals surface area contributed by atoms with Gasteiger partial charge in [-0.1, -0.05) is 19.4 Å². The minimum atomic E-state index is -0.231. The summed E-state index contributed by atoms with van der Waals surface area (Å²) in [6.45, 7) is 2.25. The first-order valence-corrected chi connectivity index (χ1v) is 5.90. The summed E-state index contributed by atoms with van der Waals surface area (Å²) in [5.74, 6) is 1.87. The zero-order valence-corrected chi connectivity index (χ0v) is 9.33. The number of hydrogen-bond acceptors (Lipinski definition) is 1.